The van der Waals surface area contributed by atoms with Crippen molar-refractivity contribution in [2.45, 2.75) is 69.4 Å². The molecule has 0 radical (unpaired) electrons. The van der Waals surface area contributed by atoms with Gasteiger partial charge in [0.1, 0.15) is 18.1 Å². The van der Waals surface area contributed by atoms with Crippen LogP contribution in [0.4, 0.5) is 19.0 Å². The zero-order chi connectivity index (χ0) is 27.0. The molecule has 3 heterocycles. The number of rotatable bonds is 7. The summed E-state index contributed by atoms with van der Waals surface area (Å²) in [6.45, 7) is 1.95. The lowest BCUT2D eigenvalue weighted by Gasteiger charge is -2.40. The molecule has 2 aliphatic rings. The lowest BCUT2D eigenvalue weighted by atomic mass is 9.96. The number of anilines is 1. The van der Waals surface area contributed by atoms with Crippen LogP contribution < -0.4 is 20.3 Å². The number of pyridine rings is 1. The summed E-state index contributed by atoms with van der Waals surface area (Å²) in [4.78, 5) is 31.6. The van der Waals surface area contributed by atoms with Crippen molar-refractivity contribution in [2.75, 3.05) is 11.4 Å². The minimum absolute atomic E-state index is 0.0581. The Morgan fingerprint density at radius 1 is 1.11 bits per heavy atom. The van der Waals surface area contributed by atoms with Gasteiger partial charge in [0.2, 0.25) is 0 Å². The van der Waals surface area contributed by atoms with Gasteiger partial charge in [0, 0.05) is 29.3 Å². The smallest absolute Gasteiger partial charge is 0.405 e. The Hall–Kier alpha value is -2.72. The van der Waals surface area contributed by atoms with E-state index in [1.807, 2.05) is 5.32 Å². The molecule has 7 nitrogen and oxygen atoms in total. The fourth-order valence-electron chi connectivity index (χ4n) is 4.86. The molecule has 12 heteroatoms. The first-order chi connectivity index (χ1) is 17.3. The molecule has 2 amide bonds. The number of halogens is 5. The molecule has 0 aliphatic carbocycles. The second-order valence-electron chi connectivity index (χ2n) is 9.82. The van der Waals surface area contributed by atoms with Crippen molar-refractivity contribution >= 4 is 40.8 Å². The summed E-state index contributed by atoms with van der Waals surface area (Å²) in [7, 11) is 0. The standard InChI is InChI=1S/C25H27Cl2F3N4O3/c1-24(2,37-20-7-4-15(26)9-19(20)27)23(36)33-16-10-17-5-6-18(11-16)34(17)21-8-3-14(12-31-21)22(35)32-13-25(28,29)30/h3-4,7-9,12,16-18H,5-6,10-11,13H2,1-2H3,(H,32,35)(H,33,36)/t16-,17+,18-. The summed E-state index contributed by atoms with van der Waals surface area (Å²) in [6, 6.07) is 8.15. The van der Waals surface area contributed by atoms with E-state index in [0.29, 0.717) is 34.5 Å². The summed E-state index contributed by atoms with van der Waals surface area (Å²) in [6.07, 6.45) is 0.0625. The van der Waals surface area contributed by atoms with E-state index in [1.165, 1.54) is 12.3 Å². The van der Waals surface area contributed by atoms with Crippen LogP contribution in [0.5, 0.6) is 5.75 Å². The average molecular weight is 559 g/mol. The third-order valence-electron chi connectivity index (χ3n) is 6.60. The monoisotopic (exact) mass is 558 g/mol. The lowest BCUT2D eigenvalue weighted by Crippen LogP contribution is -2.55. The van der Waals surface area contributed by atoms with Crippen molar-refractivity contribution in [3.63, 3.8) is 0 Å². The molecule has 2 N–H and O–H groups in total. The predicted octanol–water partition coefficient (Wildman–Crippen LogP) is 5.15. The SMILES string of the molecule is CC(C)(Oc1ccc(Cl)cc1Cl)C(=O)N[C@H]1C[C@H]2CC[C@@H](C1)N2c1ccc(C(=O)NCC(F)(F)F)cn1. The Balaban J connectivity index is 1.35. The van der Waals surface area contributed by atoms with Gasteiger partial charge in [-0.2, -0.15) is 13.2 Å². The van der Waals surface area contributed by atoms with Crippen molar-refractivity contribution in [1.29, 1.82) is 0 Å². The van der Waals surface area contributed by atoms with E-state index in [1.54, 1.807) is 38.1 Å². The van der Waals surface area contributed by atoms with E-state index in [4.69, 9.17) is 27.9 Å². The molecule has 2 bridgehead atoms. The highest BCUT2D eigenvalue weighted by molar-refractivity contribution is 6.35. The Labute approximate surface area is 222 Å². The minimum atomic E-state index is -4.48. The van der Waals surface area contributed by atoms with Gasteiger partial charge in [-0.05, 0) is 69.9 Å². The van der Waals surface area contributed by atoms with Crippen LogP contribution in [0.25, 0.3) is 0 Å². The Morgan fingerprint density at radius 3 is 2.35 bits per heavy atom. The van der Waals surface area contributed by atoms with Crippen LogP contribution >= 0.6 is 23.2 Å². The molecular weight excluding hydrogens is 532 g/mol. The van der Waals surface area contributed by atoms with Crippen LogP contribution in [0.15, 0.2) is 36.5 Å². The Kier molecular flexibility index (Phi) is 7.80. The highest BCUT2D eigenvalue weighted by Crippen LogP contribution is 2.39. The number of hydrogen-bond donors (Lipinski definition) is 2. The molecule has 0 unspecified atom stereocenters. The summed E-state index contributed by atoms with van der Waals surface area (Å²) in [5, 5.41) is 5.74. The molecular formula is C25H27Cl2F3N4O3. The second kappa shape index (κ2) is 10.6. The molecule has 1 aromatic carbocycles. The van der Waals surface area contributed by atoms with Crippen molar-refractivity contribution in [3.8, 4) is 5.75 Å². The van der Waals surface area contributed by atoms with Crippen LogP contribution in [0.3, 0.4) is 0 Å². The number of benzene rings is 1. The maximum absolute atomic E-state index is 13.1. The van der Waals surface area contributed by atoms with Gasteiger partial charge in [-0.3, -0.25) is 9.59 Å². The third kappa shape index (κ3) is 6.59. The molecule has 0 spiro atoms. The highest BCUT2D eigenvalue weighted by Gasteiger charge is 2.43. The maximum Gasteiger partial charge on any atom is 0.405 e. The topological polar surface area (TPSA) is 83.6 Å². The van der Waals surface area contributed by atoms with Crippen LogP contribution in [0, 0.1) is 0 Å². The van der Waals surface area contributed by atoms with E-state index in [0.717, 1.165) is 12.8 Å². The van der Waals surface area contributed by atoms with Crippen molar-refractivity contribution < 1.29 is 27.5 Å². The number of alkyl halides is 3. The number of ether oxygens (including phenoxy) is 1. The number of carbonyl (C=O) groups excluding carboxylic acids is 2. The number of carbonyl (C=O) groups is 2. The number of fused-ring (bicyclic) bond motifs is 2. The molecule has 0 saturated carbocycles. The fraction of sp³-hybridized carbons (Fsp3) is 0.480. The summed E-state index contributed by atoms with van der Waals surface area (Å²) in [5.74, 6) is -0.0670. The summed E-state index contributed by atoms with van der Waals surface area (Å²) < 4.78 is 43.0. The van der Waals surface area contributed by atoms with Gasteiger partial charge in [0.25, 0.3) is 11.8 Å². The number of aromatic nitrogens is 1. The molecule has 2 saturated heterocycles. The Bertz CT molecular complexity index is 1150. The van der Waals surface area contributed by atoms with Gasteiger partial charge in [-0.15, -0.1) is 0 Å². The third-order valence-corrected chi connectivity index (χ3v) is 7.13. The summed E-state index contributed by atoms with van der Waals surface area (Å²) >= 11 is 12.1. The number of hydrogen-bond acceptors (Lipinski definition) is 5. The summed E-state index contributed by atoms with van der Waals surface area (Å²) in [5.41, 5.74) is -1.11. The maximum atomic E-state index is 13.1. The predicted molar refractivity (Wildman–Crippen MR) is 134 cm³/mol. The Morgan fingerprint density at radius 2 is 1.78 bits per heavy atom. The molecule has 2 fully saturated rings. The van der Waals surface area contributed by atoms with Gasteiger partial charge in [-0.25, -0.2) is 4.98 Å². The van der Waals surface area contributed by atoms with Crippen molar-refractivity contribution in [2.24, 2.45) is 0 Å². The van der Waals surface area contributed by atoms with E-state index < -0.39 is 24.2 Å². The van der Waals surface area contributed by atoms with Gasteiger partial charge >= 0.3 is 6.18 Å². The van der Waals surface area contributed by atoms with E-state index in [9.17, 15) is 22.8 Å². The zero-order valence-corrected chi connectivity index (χ0v) is 21.8. The first-order valence-corrected chi connectivity index (χ1v) is 12.6. The van der Waals surface area contributed by atoms with Gasteiger partial charge in [0.05, 0.1) is 10.6 Å². The molecule has 1 aromatic heterocycles. The number of amides is 2. The second-order valence-corrected chi connectivity index (χ2v) is 10.7. The number of piperidine rings is 1. The van der Waals surface area contributed by atoms with Crippen molar-refractivity contribution in [1.82, 2.24) is 15.6 Å². The van der Waals surface area contributed by atoms with E-state index in [-0.39, 0.29) is 29.6 Å². The normalized spacial score (nSPS) is 21.5. The lowest BCUT2D eigenvalue weighted by molar-refractivity contribution is -0.135. The molecule has 37 heavy (non-hydrogen) atoms. The van der Waals surface area contributed by atoms with Gasteiger partial charge in [-0.1, -0.05) is 23.2 Å². The van der Waals surface area contributed by atoms with Crippen LogP contribution in [-0.2, 0) is 4.79 Å². The molecule has 2 aromatic rings. The quantitative estimate of drug-likeness (QED) is 0.490. The van der Waals surface area contributed by atoms with Crippen molar-refractivity contribution in [3.05, 3.63) is 52.1 Å². The van der Waals surface area contributed by atoms with E-state index in [2.05, 4.69) is 15.2 Å². The number of nitrogens with one attached hydrogen (secondary N) is 2. The molecule has 3 atom stereocenters. The fourth-order valence-corrected chi connectivity index (χ4v) is 5.31. The average Bonchev–Trinajstić information content (AvgIpc) is 3.09. The molecule has 200 valence electrons. The minimum Gasteiger partial charge on any atom is -0.476 e. The van der Waals surface area contributed by atoms with E-state index >= 15 is 0 Å². The number of nitrogens with zero attached hydrogens (tertiary/aromatic N) is 2. The van der Waals surface area contributed by atoms with Crippen LogP contribution in [0.1, 0.15) is 49.9 Å². The van der Waals surface area contributed by atoms with Gasteiger partial charge in [0.15, 0.2) is 5.60 Å². The highest BCUT2D eigenvalue weighted by atomic mass is 35.5. The zero-order valence-electron chi connectivity index (χ0n) is 20.2. The van der Waals surface area contributed by atoms with Gasteiger partial charge < -0.3 is 20.3 Å². The van der Waals surface area contributed by atoms with Crippen LogP contribution in [-0.4, -0.2) is 53.2 Å². The van der Waals surface area contributed by atoms with Crippen LogP contribution in [0.2, 0.25) is 10.0 Å². The molecule has 2 aliphatic heterocycles. The first-order valence-electron chi connectivity index (χ1n) is 11.9. The largest absolute Gasteiger partial charge is 0.476 e. The first kappa shape index (κ1) is 27.3. The molecule has 4 rings (SSSR count).